The SMILES string of the molecule is CNC(=O)CCC[C@@](O)(c1cccc(Cl)c1)C1CCCNC1. The maximum Gasteiger partial charge on any atom is 0.219 e. The zero-order chi connectivity index (χ0) is 16.0. The van der Waals surface area contributed by atoms with E-state index in [4.69, 9.17) is 11.6 Å². The van der Waals surface area contributed by atoms with E-state index in [0.717, 1.165) is 31.5 Å². The van der Waals surface area contributed by atoms with Crippen LogP contribution in [0.5, 0.6) is 0 Å². The third kappa shape index (κ3) is 4.22. The lowest BCUT2D eigenvalue weighted by atomic mass is 9.74. The van der Waals surface area contributed by atoms with E-state index in [-0.39, 0.29) is 11.8 Å². The number of rotatable bonds is 6. The molecule has 0 saturated carbocycles. The summed E-state index contributed by atoms with van der Waals surface area (Å²) < 4.78 is 0. The monoisotopic (exact) mass is 324 g/mol. The van der Waals surface area contributed by atoms with Crippen molar-refractivity contribution in [1.29, 1.82) is 0 Å². The van der Waals surface area contributed by atoms with Gasteiger partial charge in [0, 0.05) is 31.0 Å². The average Bonchev–Trinajstić information content (AvgIpc) is 2.55. The maximum absolute atomic E-state index is 11.4. The Morgan fingerprint density at radius 2 is 2.36 bits per heavy atom. The second-order valence-electron chi connectivity index (χ2n) is 6.00. The quantitative estimate of drug-likeness (QED) is 0.753. The first-order chi connectivity index (χ1) is 10.6. The smallest absolute Gasteiger partial charge is 0.219 e. The number of piperidine rings is 1. The van der Waals surface area contributed by atoms with Gasteiger partial charge in [-0.25, -0.2) is 0 Å². The van der Waals surface area contributed by atoms with Gasteiger partial charge in [0.2, 0.25) is 5.91 Å². The Kier molecular flexibility index (Phi) is 6.24. The summed E-state index contributed by atoms with van der Waals surface area (Å²) in [5, 5.41) is 18.0. The number of halogens is 1. The molecule has 0 spiro atoms. The molecule has 122 valence electrons. The first-order valence-corrected chi connectivity index (χ1v) is 8.34. The first-order valence-electron chi connectivity index (χ1n) is 7.96. The standard InChI is InChI=1S/C17H25ClN2O2/c1-19-16(21)8-3-9-17(22,14-6-4-10-20-12-14)13-5-2-7-15(18)11-13/h2,5,7,11,14,20,22H,3-4,6,8-10,12H2,1H3,(H,19,21)/t14?,17-/m1/s1. The third-order valence-corrected chi connectivity index (χ3v) is 4.77. The highest BCUT2D eigenvalue weighted by Crippen LogP contribution is 2.39. The van der Waals surface area contributed by atoms with Gasteiger partial charge in [0.25, 0.3) is 0 Å². The Morgan fingerprint density at radius 1 is 1.55 bits per heavy atom. The molecule has 1 amide bonds. The fraction of sp³-hybridized carbons (Fsp3) is 0.588. The van der Waals surface area contributed by atoms with Crippen LogP contribution in [0.3, 0.4) is 0 Å². The van der Waals surface area contributed by atoms with Crippen LogP contribution in [0.1, 0.15) is 37.7 Å². The highest BCUT2D eigenvalue weighted by molar-refractivity contribution is 6.30. The van der Waals surface area contributed by atoms with Crippen molar-refractivity contribution in [3.8, 4) is 0 Å². The van der Waals surface area contributed by atoms with E-state index in [9.17, 15) is 9.90 Å². The zero-order valence-corrected chi connectivity index (χ0v) is 13.8. The van der Waals surface area contributed by atoms with Crippen LogP contribution in [-0.4, -0.2) is 31.2 Å². The first kappa shape index (κ1) is 17.3. The Bertz CT molecular complexity index is 503. The Balaban J connectivity index is 2.17. The molecule has 4 nitrogen and oxygen atoms in total. The number of amides is 1. The van der Waals surface area contributed by atoms with E-state index in [1.165, 1.54) is 0 Å². The highest BCUT2D eigenvalue weighted by Gasteiger charge is 2.38. The molecular formula is C17H25ClN2O2. The minimum Gasteiger partial charge on any atom is -0.385 e. The average molecular weight is 325 g/mol. The van der Waals surface area contributed by atoms with Crippen LogP contribution in [0.4, 0.5) is 0 Å². The van der Waals surface area contributed by atoms with E-state index in [2.05, 4.69) is 10.6 Å². The third-order valence-electron chi connectivity index (χ3n) is 4.54. The summed E-state index contributed by atoms with van der Waals surface area (Å²) >= 11 is 6.11. The van der Waals surface area contributed by atoms with Crippen molar-refractivity contribution >= 4 is 17.5 Å². The van der Waals surface area contributed by atoms with Crippen molar-refractivity contribution in [2.24, 2.45) is 5.92 Å². The minimum atomic E-state index is -0.938. The number of aliphatic hydroxyl groups is 1. The van der Waals surface area contributed by atoms with E-state index >= 15 is 0 Å². The predicted molar refractivity (Wildman–Crippen MR) is 88.9 cm³/mol. The number of nitrogens with one attached hydrogen (secondary N) is 2. The Hall–Kier alpha value is -1.10. The molecule has 1 aromatic carbocycles. The second kappa shape index (κ2) is 7.95. The minimum absolute atomic E-state index is 0.00946. The molecule has 1 aliphatic rings. The molecule has 0 radical (unpaired) electrons. The van der Waals surface area contributed by atoms with Gasteiger partial charge in [-0.05, 0) is 49.9 Å². The van der Waals surface area contributed by atoms with Gasteiger partial charge in [0.1, 0.15) is 0 Å². The number of hydrogen-bond donors (Lipinski definition) is 3. The molecular weight excluding hydrogens is 300 g/mol. The van der Waals surface area contributed by atoms with Gasteiger partial charge < -0.3 is 15.7 Å². The molecule has 2 atom stereocenters. The molecule has 1 aliphatic heterocycles. The van der Waals surface area contributed by atoms with Gasteiger partial charge >= 0.3 is 0 Å². The molecule has 1 aromatic rings. The van der Waals surface area contributed by atoms with Crippen molar-refractivity contribution in [1.82, 2.24) is 10.6 Å². The van der Waals surface area contributed by atoms with E-state index in [0.29, 0.717) is 24.3 Å². The van der Waals surface area contributed by atoms with E-state index in [1.807, 2.05) is 24.3 Å². The predicted octanol–water partition coefficient (Wildman–Crippen LogP) is 2.44. The number of hydrogen-bond acceptors (Lipinski definition) is 3. The fourth-order valence-corrected chi connectivity index (χ4v) is 3.44. The van der Waals surface area contributed by atoms with Crippen LogP contribution in [0.2, 0.25) is 5.02 Å². The Morgan fingerprint density at radius 3 is 3.00 bits per heavy atom. The topological polar surface area (TPSA) is 61.4 Å². The molecule has 3 N–H and O–H groups in total. The van der Waals surface area contributed by atoms with Crippen LogP contribution in [0, 0.1) is 5.92 Å². The molecule has 1 saturated heterocycles. The van der Waals surface area contributed by atoms with Crippen LogP contribution in [-0.2, 0) is 10.4 Å². The summed E-state index contributed by atoms with van der Waals surface area (Å²) in [7, 11) is 1.64. The van der Waals surface area contributed by atoms with Gasteiger partial charge in [-0.1, -0.05) is 23.7 Å². The second-order valence-corrected chi connectivity index (χ2v) is 6.44. The molecule has 1 heterocycles. The van der Waals surface area contributed by atoms with Crippen molar-refractivity contribution in [2.75, 3.05) is 20.1 Å². The highest BCUT2D eigenvalue weighted by atomic mass is 35.5. The number of carbonyl (C=O) groups excluding carboxylic acids is 1. The fourth-order valence-electron chi connectivity index (χ4n) is 3.24. The largest absolute Gasteiger partial charge is 0.385 e. The van der Waals surface area contributed by atoms with Gasteiger partial charge in [-0.15, -0.1) is 0 Å². The molecule has 1 unspecified atom stereocenters. The van der Waals surface area contributed by atoms with Gasteiger partial charge in [-0.3, -0.25) is 4.79 Å². The summed E-state index contributed by atoms with van der Waals surface area (Å²) in [6, 6.07) is 7.46. The summed E-state index contributed by atoms with van der Waals surface area (Å²) in [6.45, 7) is 1.79. The van der Waals surface area contributed by atoms with Crippen molar-refractivity contribution in [2.45, 2.75) is 37.7 Å². The lowest BCUT2D eigenvalue weighted by Gasteiger charge is -2.39. The Labute approximate surface area is 137 Å². The summed E-state index contributed by atoms with van der Waals surface area (Å²) in [5.74, 6) is 0.152. The van der Waals surface area contributed by atoms with Gasteiger partial charge in [0.15, 0.2) is 0 Å². The van der Waals surface area contributed by atoms with Crippen molar-refractivity contribution in [3.63, 3.8) is 0 Å². The number of carbonyl (C=O) groups is 1. The molecule has 0 aliphatic carbocycles. The maximum atomic E-state index is 11.4. The molecule has 2 rings (SSSR count). The van der Waals surface area contributed by atoms with Gasteiger partial charge in [-0.2, -0.15) is 0 Å². The van der Waals surface area contributed by atoms with Crippen molar-refractivity contribution in [3.05, 3.63) is 34.9 Å². The molecule has 22 heavy (non-hydrogen) atoms. The summed E-state index contributed by atoms with van der Waals surface area (Å²) in [4.78, 5) is 11.4. The normalized spacial score (nSPS) is 21.1. The molecule has 0 aromatic heterocycles. The van der Waals surface area contributed by atoms with Crippen LogP contribution in [0.15, 0.2) is 24.3 Å². The van der Waals surface area contributed by atoms with E-state index in [1.54, 1.807) is 7.05 Å². The summed E-state index contributed by atoms with van der Waals surface area (Å²) in [5.41, 5.74) is -0.0857. The number of benzene rings is 1. The summed E-state index contributed by atoms with van der Waals surface area (Å²) in [6.07, 6.45) is 3.69. The molecule has 1 fully saturated rings. The molecule has 0 bridgehead atoms. The van der Waals surface area contributed by atoms with Gasteiger partial charge in [0.05, 0.1) is 5.60 Å². The molecule has 5 heteroatoms. The van der Waals surface area contributed by atoms with Crippen LogP contribution < -0.4 is 10.6 Å². The van der Waals surface area contributed by atoms with Crippen LogP contribution in [0.25, 0.3) is 0 Å². The van der Waals surface area contributed by atoms with Crippen LogP contribution >= 0.6 is 11.6 Å². The van der Waals surface area contributed by atoms with E-state index < -0.39 is 5.60 Å². The zero-order valence-electron chi connectivity index (χ0n) is 13.1. The lowest BCUT2D eigenvalue weighted by Crippen LogP contribution is -2.44. The van der Waals surface area contributed by atoms with Crippen molar-refractivity contribution < 1.29 is 9.90 Å². The lowest BCUT2D eigenvalue weighted by molar-refractivity contribution is -0.121.